The van der Waals surface area contributed by atoms with Crippen molar-refractivity contribution >= 4 is 17.3 Å². The minimum Gasteiger partial charge on any atom is -0.312 e. The van der Waals surface area contributed by atoms with Crippen LogP contribution in [0.25, 0.3) is 0 Å². The first-order valence-electron chi connectivity index (χ1n) is 5.51. The second-order valence-corrected chi connectivity index (χ2v) is 4.11. The largest absolute Gasteiger partial charge is 0.312 e. The predicted molar refractivity (Wildman–Crippen MR) is 61.4 cm³/mol. The van der Waals surface area contributed by atoms with Gasteiger partial charge in [0.2, 0.25) is 5.91 Å². The predicted octanol–water partition coefficient (Wildman–Crippen LogP) is 0.990. The van der Waals surface area contributed by atoms with Crippen LogP contribution in [0.5, 0.6) is 0 Å². The summed E-state index contributed by atoms with van der Waals surface area (Å²) in [6.45, 7) is 2.70. The van der Waals surface area contributed by atoms with Crippen LogP contribution in [0.3, 0.4) is 0 Å². The van der Waals surface area contributed by atoms with E-state index >= 15 is 0 Å². The van der Waals surface area contributed by atoms with Crippen molar-refractivity contribution in [1.29, 1.82) is 0 Å². The summed E-state index contributed by atoms with van der Waals surface area (Å²) >= 11 is 0. The Balaban J connectivity index is 2.32. The van der Waals surface area contributed by atoms with E-state index in [1.165, 1.54) is 0 Å². The fourth-order valence-electron chi connectivity index (χ4n) is 2.08. The molecule has 84 valence electrons. The Morgan fingerprint density at radius 1 is 1.31 bits per heavy atom. The Morgan fingerprint density at radius 3 is 2.75 bits per heavy atom. The van der Waals surface area contributed by atoms with E-state index in [1.807, 2.05) is 23.1 Å². The van der Waals surface area contributed by atoms with Crippen LogP contribution >= 0.6 is 0 Å². The van der Waals surface area contributed by atoms with Gasteiger partial charge in [-0.25, -0.2) is 0 Å². The molecule has 1 saturated heterocycles. The molecule has 1 aliphatic heterocycles. The topological polar surface area (TPSA) is 51.4 Å². The molecule has 0 unspecified atom stereocenters. The molecule has 0 aromatic heterocycles. The number of hydrogen-bond donors (Lipinski definition) is 1. The lowest BCUT2D eigenvalue weighted by Crippen LogP contribution is -2.55. The molecule has 2 rings (SSSR count). The fraction of sp³-hybridized carbons (Fsp3) is 0.417. The van der Waals surface area contributed by atoms with E-state index in [0.717, 1.165) is 30.6 Å². The zero-order valence-electron chi connectivity index (χ0n) is 9.32. The first kappa shape index (κ1) is 10.8. The quantitative estimate of drug-likeness (QED) is 0.806. The van der Waals surface area contributed by atoms with Crippen LogP contribution in [-0.2, 0) is 4.79 Å². The van der Waals surface area contributed by atoms with Gasteiger partial charge in [0, 0.05) is 40.9 Å². The fourth-order valence-corrected chi connectivity index (χ4v) is 2.08. The average molecular weight is 219 g/mol. The summed E-state index contributed by atoms with van der Waals surface area (Å²) in [5, 5.41) is 1.86. The number of carbonyl (C=O) groups excluding carboxylic acids is 1. The SMILES string of the molecule is Cc1cc([NH+]=O)ccc1N1CCCCC1=O. The van der Waals surface area contributed by atoms with Gasteiger partial charge in [0.25, 0.3) is 5.69 Å². The highest BCUT2D eigenvalue weighted by molar-refractivity contribution is 5.94. The molecule has 0 spiro atoms. The molecule has 1 N–H and O–H groups in total. The summed E-state index contributed by atoms with van der Waals surface area (Å²) in [4.78, 5) is 24.1. The van der Waals surface area contributed by atoms with Gasteiger partial charge >= 0.3 is 0 Å². The number of nitrogens with one attached hydrogen (secondary N) is 1. The maximum absolute atomic E-state index is 11.7. The lowest BCUT2D eigenvalue weighted by molar-refractivity contribution is -0.379. The lowest BCUT2D eigenvalue weighted by Gasteiger charge is -2.27. The molecule has 1 fully saturated rings. The minimum atomic E-state index is 0.178. The average Bonchev–Trinajstić information content (AvgIpc) is 2.30. The number of amides is 1. The van der Waals surface area contributed by atoms with Gasteiger partial charge in [-0.2, -0.15) is 0 Å². The van der Waals surface area contributed by atoms with Gasteiger partial charge in [0.05, 0.1) is 0 Å². The number of anilines is 1. The number of hydrogen-bond acceptors (Lipinski definition) is 2. The number of nitrogens with zero attached hydrogens (tertiary/aromatic N) is 1. The van der Waals surface area contributed by atoms with Crippen LogP contribution in [0.4, 0.5) is 11.4 Å². The van der Waals surface area contributed by atoms with Crippen molar-refractivity contribution in [3.8, 4) is 0 Å². The number of nitroso groups, excluding NO2 is 1. The second kappa shape index (κ2) is 4.43. The van der Waals surface area contributed by atoms with Crippen LogP contribution < -0.4 is 10.1 Å². The van der Waals surface area contributed by atoms with Crippen molar-refractivity contribution in [2.24, 2.45) is 0 Å². The molecule has 1 amide bonds. The van der Waals surface area contributed by atoms with Crippen LogP contribution in [0.15, 0.2) is 18.2 Å². The van der Waals surface area contributed by atoms with Crippen molar-refractivity contribution in [2.75, 3.05) is 11.4 Å². The van der Waals surface area contributed by atoms with Gasteiger partial charge in [0.1, 0.15) is 0 Å². The van der Waals surface area contributed by atoms with Crippen LogP contribution in [-0.4, -0.2) is 12.5 Å². The van der Waals surface area contributed by atoms with Gasteiger partial charge in [-0.1, -0.05) is 0 Å². The van der Waals surface area contributed by atoms with E-state index in [1.54, 1.807) is 12.1 Å². The van der Waals surface area contributed by atoms with Crippen LogP contribution in [0, 0.1) is 11.8 Å². The minimum absolute atomic E-state index is 0.178. The molecule has 0 atom stereocenters. The first-order valence-corrected chi connectivity index (χ1v) is 5.51. The summed E-state index contributed by atoms with van der Waals surface area (Å²) < 4.78 is 0. The van der Waals surface area contributed by atoms with Crippen molar-refractivity contribution in [2.45, 2.75) is 26.2 Å². The molecule has 0 bridgehead atoms. The Morgan fingerprint density at radius 2 is 2.12 bits per heavy atom. The van der Waals surface area contributed by atoms with Crippen molar-refractivity contribution in [3.05, 3.63) is 28.7 Å². The standard InChI is InChI=1S/C12H14N2O2/c1-9-8-10(13-16)5-6-11(9)14-7-3-2-4-12(14)15/h5-6,8H,2-4,7H2,1H3/p+1. The lowest BCUT2D eigenvalue weighted by atomic mass is 10.1. The molecule has 0 radical (unpaired) electrons. The van der Waals surface area contributed by atoms with Crippen LogP contribution in [0.1, 0.15) is 24.8 Å². The number of piperidine rings is 1. The Labute approximate surface area is 94.2 Å². The van der Waals surface area contributed by atoms with Crippen molar-refractivity contribution in [1.82, 2.24) is 0 Å². The number of aryl methyl sites for hydroxylation is 1. The zero-order valence-corrected chi connectivity index (χ0v) is 9.32. The first-order chi connectivity index (χ1) is 7.72. The maximum atomic E-state index is 11.7. The maximum Gasteiger partial charge on any atom is 0.253 e. The molecule has 1 heterocycles. The van der Waals surface area contributed by atoms with E-state index in [2.05, 4.69) is 0 Å². The Hall–Kier alpha value is -1.71. The zero-order chi connectivity index (χ0) is 11.5. The smallest absolute Gasteiger partial charge is 0.253 e. The molecular formula is C12H15N2O2+. The highest BCUT2D eigenvalue weighted by Gasteiger charge is 2.21. The van der Waals surface area contributed by atoms with Gasteiger partial charge in [-0.15, -0.1) is 0 Å². The molecular weight excluding hydrogens is 204 g/mol. The van der Waals surface area contributed by atoms with Gasteiger partial charge in [-0.3, -0.25) is 4.79 Å². The van der Waals surface area contributed by atoms with E-state index in [0.29, 0.717) is 12.1 Å². The third-order valence-corrected chi connectivity index (χ3v) is 2.93. The molecule has 0 aliphatic carbocycles. The number of benzene rings is 1. The van der Waals surface area contributed by atoms with Crippen LogP contribution in [0.2, 0.25) is 0 Å². The van der Waals surface area contributed by atoms with Gasteiger partial charge in [0.15, 0.2) is 0 Å². The van der Waals surface area contributed by atoms with Gasteiger partial charge in [-0.05, 0) is 31.4 Å². The number of rotatable bonds is 2. The second-order valence-electron chi connectivity index (χ2n) is 4.11. The Kier molecular flexibility index (Phi) is 2.99. The molecule has 1 aliphatic rings. The summed E-state index contributed by atoms with van der Waals surface area (Å²) in [5.41, 5.74) is 2.41. The summed E-state index contributed by atoms with van der Waals surface area (Å²) in [6, 6.07) is 5.31. The Bertz CT molecular complexity index is 429. The summed E-state index contributed by atoms with van der Waals surface area (Å²) in [7, 11) is 0. The molecule has 0 saturated carbocycles. The summed E-state index contributed by atoms with van der Waals surface area (Å²) in [6.07, 6.45) is 2.66. The van der Waals surface area contributed by atoms with E-state index in [9.17, 15) is 9.70 Å². The summed E-state index contributed by atoms with van der Waals surface area (Å²) in [5.74, 6) is 0.178. The third-order valence-electron chi connectivity index (χ3n) is 2.93. The third kappa shape index (κ3) is 1.96. The molecule has 1 aromatic carbocycles. The highest BCUT2D eigenvalue weighted by Crippen LogP contribution is 2.25. The van der Waals surface area contributed by atoms with Gasteiger partial charge < -0.3 is 4.90 Å². The highest BCUT2D eigenvalue weighted by atomic mass is 16.3. The normalized spacial score (nSPS) is 16.3. The molecule has 4 nitrogen and oxygen atoms in total. The van der Waals surface area contributed by atoms with E-state index in [4.69, 9.17) is 0 Å². The molecule has 16 heavy (non-hydrogen) atoms. The monoisotopic (exact) mass is 219 g/mol. The van der Waals surface area contributed by atoms with Crippen molar-refractivity contribution < 1.29 is 9.97 Å². The molecule has 4 heteroatoms. The van der Waals surface area contributed by atoms with Crippen molar-refractivity contribution in [3.63, 3.8) is 0 Å². The van der Waals surface area contributed by atoms with E-state index in [-0.39, 0.29) is 5.91 Å². The number of carbonyl (C=O) groups is 1. The molecule has 1 aromatic rings. The van der Waals surface area contributed by atoms with E-state index < -0.39 is 0 Å².